The van der Waals surface area contributed by atoms with E-state index in [2.05, 4.69) is 50.2 Å². The Morgan fingerprint density at radius 3 is 2.30 bits per heavy atom. The van der Waals surface area contributed by atoms with Gasteiger partial charge in [0.1, 0.15) is 5.69 Å². The summed E-state index contributed by atoms with van der Waals surface area (Å²) in [6.07, 6.45) is 2.39. The molecule has 0 saturated carbocycles. The van der Waals surface area contributed by atoms with Crippen molar-refractivity contribution in [3.8, 4) is 0 Å². The molecule has 0 radical (unpaired) electrons. The zero-order chi connectivity index (χ0) is 20.0. The first-order valence-corrected chi connectivity index (χ1v) is 9.33. The molecule has 0 atom stereocenters. The lowest BCUT2D eigenvalue weighted by Crippen LogP contribution is -2.26. The van der Waals surface area contributed by atoms with Crippen LogP contribution in [0.15, 0.2) is 42.6 Å². The first-order valence-electron chi connectivity index (χ1n) is 9.33. The van der Waals surface area contributed by atoms with Crippen LogP contribution in [0.1, 0.15) is 67.4 Å². The minimum atomic E-state index is -0.338. The predicted octanol–water partition coefficient (Wildman–Crippen LogP) is 4.41. The van der Waals surface area contributed by atoms with Gasteiger partial charge in [-0.3, -0.25) is 14.6 Å². The largest absolute Gasteiger partial charge is 0.352 e. The summed E-state index contributed by atoms with van der Waals surface area (Å²) in [6, 6.07) is 10.9. The van der Waals surface area contributed by atoms with Crippen molar-refractivity contribution in [2.24, 2.45) is 5.92 Å². The van der Waals surface area contributed by atoms with Crippen molar-refractivity contribution in [2.75, 3.05) is 11.9 Å². The van der Waals surface area contributed by atoms with Gasteiger partial charge in [0.25, 0.3) is 11.8 Å². The number of nitrogens with zero attached hydrogens (tertiary/aromatic N) is 1. The Morgan fingerprint density at radius 2 is 1.70 bits per heavy atom. The lowest BCUT2D eigenvalue weighted by atomic mass is 9.87. The Bertz CT molecular complexity index is 790. The lowest BCUT2D eigenvalue weighted by Gasteiger charge is -2.19. The van der Waals surface area contributed by atoms with Gasteiger partial charge in [0, 0.05) is 24.0 Å². The van der Waals surface area contributed by atoms with Crippen molar-refractivity contribution >= 4 is 17.5 Å². The van der Waals surface area contributed by atoms with Crippen LogP contribution in [-0.4, -0.2) is 23.3 Å². The van der Waals surface area contributed by atoms with Gasteiger partial charge in [0.2, 0.25) is 0 Å². The number of aromatic nitrogens is 1. The molecule has 1 aromatic heterocycles. The number of carbonyl (C=O) groups is 2. The van der Waals surface area contributed by atoms with Crippen LogP contribution in [0.2, 0.25) is 0 Å². The molecule has 0 saturated heterocycles. The highest BCUT2D eigenvalue weighted by molar-refractivity contribution is 6.04. The second-order valence-corrected chi connectivity index (χ2v) is 8.15. The molecule has 5 heteroatoms. The third kappa shape index (κ3) is 6.20. The highest BCUT2D eigenvalue weighted by atomic mass is 16.2. The SMILES string of the molecule is CC(C)CCNC(=O)c1ccnc(C(=O)Nc2ccc(C(C)(C)C)cc2)c1. The Balaban J connectivity index is 2.03. The number of pyridine rings is 1. The van der Waals surface area contributed by atoms with E-state index in [4.69, 9.17) is 0 Å². The second-order valence-electron chi connectivity index (χ2n) is 8.15. The molecule has 0 aliphatic rings. The number of rotatable bonds is 6. The zero-order valence-corrected chi connectivity index (χ0v) is 16.8. The number of benzene rings is 1. The van der Waals surface area contributed by atoms with Crippen LogP contribution in [0.4, 0.5) is 5.69 Å². The van der Waals surface area contributed by atoms with Gasteiger partial charge in [0.05, 0.1) is 0 Å². The van der Waals surface area contributed by atoms with Gasteiger partial charge in [-0.25, -0.2) is 0 Å². The van der Waals surface area contributed by atoms with Crippen molar-refractivity contribution in [3.63, 3.8) is 0 Å². The number of anilines is 1. The molecule has 2 rings (SSSR count). The summed E-state index contributed by atoms with van der Waals surface area (Å²) in [5.41, 5.74) is 2.59. The molecule has 2 N–H and O–H groups in total. The van der Waals surface area contributed by atoms with E-state index >= 15 is 0 Å². The van der Waals surface area contributed by atoms with E-state index in [0.29, 0.717) is 23.7 Å². The quantitative estimate of drug-likeness (QED) is 0.794. The fourth-order valence-corrected chi connectivity index (χ4v) is 2.52. The first kappa shape index (κ1) is 20.6. The Hall–Kier alpha value is -2.69. The molecule has 144 valence electrons. The summed E-state index contributed by atoms with van der Waals surface area (Å²) >= 11 is 0. The third-order valence-electron chi connectivity index (χ3n) is 4.27. The predicted molar refractivity (Wildman–Crippen MR) is 109 cm³/mol. The number of nitrogens with one attached hydrogen (secondary N) is 2. The topological polar surface area (TPSA) is 71.1 Å². The van der Waals surface area contributed by atoms with Crippen molar-refractivity contribution in [3.05, 3.63) is 59.4 Å². The summed E-state index contributed by atoms with van der Waals surface area (Å²) < 4.78 is 0. The van der Waals surface area contributed by atoms with Gasteiger partial charge < -0.3 is 10.6 Å². The average Bonchev–Trinajstić information content (AvgIpc) is 2.61. The van der Waals surface area contributed by atoms with Crippen molar-refractivity contribution in [2.45, 2.75) is 46.5 Å². The van der Waals surface area contributed by atoms with Crippen LogP contribution in [-0.2, 0) is 5.41 Å². The summed E-state index contributed by atoms with van der Waals surface area (Å²) in [7, 11) is 0. The fourth-order valence-electron chi connectivity index (χ4n) is 2.52. The van der Waals surface area contributed by atoms with Crippen LogP contribution < -0.4 is 10.6 Å². The average molecular weight is 367 g/mol. The Morgan fingerprint density at radius 1 is 1.04 bits per heavy atom. The van der Waals surface area contributed by atoms with Crippen molar-refractivity contribution in [1.29, 1.82) is 0 Å². The van der Waals surface area contributed by atoms with Gasteiger partial charge in [-0.15, -0.1) is 0 Å². The molecule has 2 aromatic rings. The summed E-state index contributed by atoms with van der Waals surface area (Å²) in [5, 5.41) is 5.70. The van der Waals surface area contributed by atoms with Crippen LogP contribution in [0.25, 0.3) is 0 Å². The molecule has 5 nitrogen and oxygen atoms in total. The van der Waals surface area contributed by atoms with Gasteiger partial charge in [0.15, 0.2) is 0 Å². The first-order chi connectivity index (χ1) is 12.7. The molecule has 0 aliphatic heterocycles. The number of carbonyl (C=O) groups excluding carboxylic acids is 2. The molecule has 0 unspecified atom stereocenters. The molecular weight excluding hydrogens is 338 g/mol. The molecule has 1 heterocycles. The number of amides is 2. The minimum absolute atomic E-state index is 0.0569. The van der Waals surface area contributed by atoms with Gasteiger partial charge in [-0.05, 0) is 47.6 Å². The Labute approximate surface area is 161 Å². The molecule has 0 aliphatic carbocycles. The monoisotopic (exact) mass is 367 g/mol. The van der Waals surface area contributed by atoms with Crippen LogP contribution in [0, 0.1) is 5.92 Å². The maximum absolute atomic E-state index is 12.5. The van der Waals surface area contributed by atoms with E-state index in [1.807, 2.05) is 24.3 Å². The Kier molecular flexibility index (Phi) is 6.72. The second kappa shape index (κ2) is 8.80. The van der Waals surface area contributed by atoms with Crippen molar-refractivity contribution < 1.29 is 9.59 Å². The normalized spacial score (nSPS) is 11.3. The minimum Gasteiger partial charge on any atom is -0.352 e. The molecule has 0 spiro atoms. The zero-order valence-electron chi connectivity index (χ0n) is 16.8. The van der Waals surface area contributed by atoms with Crippen LogP contribution in [0.5, 0.6) is 0 Å². The van der Waals surface area contributed by atoms with E-state index in [-0.39, 0.29) is 22.9 Å². The molecule has 0 fully saturated rings. The van der Waals surface area contributed by atoms with Gasteiger partial charge >= 0.3 is 0 Å². The smallest absolute Gasteiger partial charge is 0.274 e. The molecule has 27 heavy (non-hydrogen) atoms. The molecular formula is C22H29N3O2. The summed E-state index contributed by atoms with van der Waals surface area (Å²) in [5.74, 6) is -0.00859. The van der Waals surface area contributed by atoms with Gasteiger partial charge in [-0.1, -0.05) is 46.8 Å². The lowest BCUT2D eigenvalue weighted by molar-refractivity contribution is 0.0952. The summed E-state index contributed by atoms with van der Waals surface area (Å²) in [6.45, 7) is 11.2. The molecule has 2 amide bonds. The van der Waals surface area contributed by atoms with E-state index in [1.54, 1.807) is 6.07 Å². The van der Waals surface area contributed by atoms with Crippen molar-refractivity contribution in [1.82, 2.24) is 10.3 Å². The maximum atomic E-state index is 12.5. The molecule has 0 bridgehead atoms. The fraction of sp³-hybridized carbons (Fsp3) is 0.409. The maximum Gasteiger partial charge on any atom is 0.274 e. The van der Waals surface area contributed by atoms with E-state index in [9.17, 15) is 9.59 Å². The van der Waals surface area contributed by atoms with Crippen LogP contribution >= 0.6 is 0 Å². The van der Waals surface area contributed by atoms with E-state index in [1.165, 1.54) is 17.8 Å². The third-order valence-corrected chi connectivity index (χ3v) is 4.27. The van der Waals surface area contributed by atoms with E-state index in [0.717, 1.165) is 6.42 Å². The standard InChI is InChI=1S/C22H29N3O2/c1-15(2)10-12-24-20(26)16-11-13-23-19(14-16)21(27)25-18-8-6-17(7-9-18)22(3,4)5/h6-9,11,13-15H,10,12H2,1-5H3,(H,24,26)(H,25,27). The molecule has 1 aromatic carbocycles. The summed E-state index contributed by atoms with van der Waals surface area (Å²) in [4.78, 5) is 28.8. The van der Waals surface area contributed by atoms with Crippen LogP contribution in [0.3, 0.4) is 0 Å². The van der Waals surface area contributed by atoms with E-state index < -0.39 is 0 Å². The number of hydrogen-bond acceptors (Lipinski definition) is 3. The highest BCUT2D eigenvalue weighted by Crippen LogP contribution is 2.23. The highest BCUT2D eigenvalue weighted by Gasteiger charge is 2.15. The number of hydrogen-bond donors (Lipinski definition) is 2. The van der Waals surface area contributed by atoms with Gasteiger partial charge in [-0.2, -0.15) is 0 Å².